The SMILES string of the molecule is CCN(CC)S(=O)(=O)c1ccc(NC(=O)c2cc(F)cc(F)c2)cc1. The molecule has 8 heteroatoms. The summed E-state index contributed by atoms with van der Waals surface area (Å²) in [6.07, 6.45) is 0. The fourth-order valence-electron chi connectivity index (χ4n) is 2.31. The summed E-state index contributed by atoms with van der Waals surface area (Å²) in [6, 6.07) is 8.08. The van der Waals surface area contributed by atoms with Crippen molar-refractivity contribution in [2.24, 2.45) is 0 Å². The first-order valence-corrected chi connectivity index (χ1v) is 9.09. The van der Waals surface area contributed by atoms with E-state index in [1.54, 1.807) is 13.8 Å². The first kappa shape index (κ1) is 19.0. The first-order chi connectivity index (χ1) is 11.8. The van der Waals surface area contributed by atoms with Crippen LogP contribution in [0.3, 0.4) is 0 Å². The van der Waals surface area contributed by atoms with Crippen molar-refractivity contribution in [3.05, 3.63) is 59.7 Å². The van der Waals surface area contributed by atoms with Crippen molar-refractivity contribution in [3.8, 4) is 0 Å². The molecule has 0 aliphatic carbocycles. The molecule has 0 unspecified atom stereocenters. The molecule has 0 aliphatic rings. The summed E-state index contributed by atoms with van der Waals surface area (Å²) in [5, 5.41) is 2.47. The summed E-state index contributed by atoms with van der Waals surface area (Å²) in [6.45, 7) is 4.19. The van der Waals surface area contributed by atoms with Gasteiger partial charge in [0.15, 0.2) is 0 Å². The van der Waals surface area contributed by atoms with E-state index in [0.29, 0.717) is 24.8 Å². The molecule has 0 atom stereocenters. The monoisotopic (exact) mass is 368 g/mol. The highest BCUT2D eigenvalue weighted by Gasteiger charge is 2.21. The van der Waals surface area contributed by atoms with Gasteiger partial charge in [0.1, 0.15) is 11.6 Å². The number of hydrogen-bond donors (Lipinski definition) is 1. The summed E-state index contributed by atoms with van der Waals surface area (Å²) in [4.78, 5) is 12.1. The summed E-state index contributed by atoms with van der Waals surface area (Å²) in [5.74, 6) is -2.41. The van der Waals surface area contributed by atoms with Gasteiger partial charge in [0.25, 0.3) is 5.91 Å². The Morgan fingerprint density at radius 1 is 1.00 bits per heavy atom. The maximum absolute atomic E-state index is 13.2. The fourth-order valence-corrected chi connectivity index (χ4v) is 3.77. The van der Waals surface area contributed by atoms with E-state index in [4.69, 9.17) is 0 Å². The third-order valence-electron chi connectivity index (χ3n) is 3.58. The molecule has 2 aromatic rings. The van der Waals surface area contributed by atoms with E-state index < -0.39 is 27.6 Å². The molecule has 0 aromatic heterocycles. The lowest BCUT2D eigenvalue weighted by Gasteiger charge is -2.18. The summed E-state index contributed by atoms with van der Waals surface area (Å²) in [7, 11) is -3.59. The second-order valence-corrected chi connectivity index (χ2v) is 7.16. The Hall–Kier alpha value is -2.32. The summed E-state index contributed by atoms with van der Waals surface area (Å²) in [5.41, 5.74) is 0.144. The van der Waals surface area contributed by atoms with Crippen LogP contribution in [0.2, 0.25) is 0 Å². The molecule has 5 nitrogen and oxygen atoms in total. The van der Waals surface area contributed by atoms with Crippen molar-refractivity contribution in [2.45, 2.75) is 18.7 Å². The third kappa shape index (κ3) is 4.40. The molecule has 0 fully saturated rings. The van der Waals surface area contributed by atoms with Crippen molar-refractivity contribution < 1.29 is 22.0 Å². The van der Waals surface area contributed by atoms with Crippen molar-refractivity contribution in [2.75, 3.05) is 18.4 Å². The van der Waals surface area contributed by atoms with Crippen LogP contribution in [-0.2, 0) is 10.0 Å². The quantitative estimate of drug-likeness (QED) is 0.851. The normalized spacial score (nSPS) is 11.6. The fraction of sp³-hybridized carbons (Fsp3) is 0.235. The van der Waals surface area contributed by atoms with E-state index >= 15 is 0 Å². The highest BCUT2D eigenvalue weighted by Crippen LogP contribution is 2.19. The van der Waals surface area contributed by atoms with Gasteiger partial charge < -0.3 is 5.32 Å². The third-order valence-corrected chi connectivity index (χ3v) is 5.64. The summed E-state index contributed by atoms with van der Waals surface area (Å²) >= 11 is 0. The predicted octanol–water partition coefficient (Wildman–Crippen LogP) is 3.25. The number of carbonyl (C=O) groups is 1. The molecule has 0 spiro atoms. The van der Waals surface area contributed by atoms with E-state index in [9.17, 15) is 22.0 Å². The minimum atomic E-state index is -3.59. The average molecular weight is 368 g/mol. The minimum Gasteiger partial charge on any atom is -0.322 e. The summed E-state index contributed by atoms with van der Waals surface area (Å²) < 4.78 is 52.4. The van der Waals surface area contributed by atoms with E-state index in [-0.39, 0.29) is 10.5 Å². The van der Waals surface area contributed by atoms with Gasteiger partial charge in [-0.15, -0.1) is 0 Å². The number of benzene rings is 2. The molecule has 2 rings (SSSR count). The van der Waals surface area contributed by atoms with Crippen LogP contribution in [-0.4, -0.2) is 31.7 Å². The Kier molecular flexibility index (Phi) is 5.86. The molecule has 0 radical (unpaired) electrons. The largest absolute Gasteiger partial charge is 0.322 e. The van der Waals surface area contributed by atoms with Crippen LogP contribution in [0.1, 0.15) is 24.2 Å². The Labute approximate surface area is 145 Å². The van der Waals surface area contributed by atoms with Gasteiger partial charge in [0, 0.05) is 30.4 Å². The molecule has 25 heavy (non-hydrogen) atoms. The van der Waals surface area contributed by atoms with E-state index in [0.717, 1.165) is 12.1 Å². The van der Waals surface area contributed by atoms with Crippen LogP contribution in [0.5, 0.6) is 0 Å². The lowest BCUT2D eigenvalue weighted by atomic mass is 10.2. The van der Waals surface area contributed by atoms with Crippen molar-refractivity contribution in [3.63, 3.8) is 0 Å². The molecular formula is C17H18F2N2O3S. The molecule has 0 aliphatic heterocycles. The molecule has 0 bridgehead atoms. The molecule has 0 heterocycles. The van der Waals surface area contributed by atoms with E-state index in [1.165, 1.54) is 28.6 Å². The lowest BCUT2D eigenvalue weighted by molar-refractivity contribution is 0.102. The van der Waals surface area contributed by atoms with Crippen LogP contribution in [0.4, 0.5) is 14.5 Å². The van der Waals surface area contributed by atoms with Crippen LogP contribution in [0.15, 0.2) is 47.4 Å². The maximum Gasteiger partial charge on any atom is 0.255 e. The molecule has 1 N–H and O–H groups in total. The topological polar surface area (TPSA) is 66.5 Å². The molecule has 0 saturated carbocycles. The van der Waals surface area contributed by atoms with Gasteiger partial charge in [-0.25, -0.2) is 17.2 Å². The van der Waals surface area contributed by atoms with Crippen LogP contribution in [0, 0.1) is 11.6 Å². The second kappa shape index (κ2) is 7.71. The number of amides is 1. The zero-order valence-electron chi connectivity index (χ0n) is 13.8. The first-order valence-electron chi connectivity index (χ1n) is 7.65. The zero-order valence-corrected chi connectivity index (χ0v) is 14.6. The number of hydrogen-bond acceptors (Lipinski definition) is 3. The highest BCUT2D eigenvalue weighted by atomic mass is 32.2. The van der Waals surface area contributed by atoms with Crippen molar-refractivity contribution in [1.82, 2.24) is 4.31 Å². The number of carbonyl (C=O) groups excluding carboxylic acids is 1. The molecule has 1 amide bonds. The number of halogens is 2. The number of rotatable bonds is 6. The predicted molar refractivity (Wildman–Crippen MR) is 90.9 cm³/mol. The minimum absolute atomic E-state index is 0.103. The smallest absolute Gasteiger partial charge is 0.255 e. The second-order valence-electron chi connectivity index (χ2n) is 5.23. The Morgan fingerprint density at radius 3 is 2.00 bits per heavy atom. The van der Waals surface area contributed by atoms with Gasteiger partial charge in [-0.05, 0) is 36.4 Å². The van der Waals surface area contributed by atoms with Crippen molar-refractivity contribution in [1.29, 1.82) is 0 Å². The zero-order chi connectivity index (χ0) is 18.6. The van der Waals surface area contributed by atoms with Gasteiger partial charge in [-0.1, -0.05) is 13.8 Å². The maximum atomic E-state index is 13.2. The number of nitrogens with zero attached hydrogens (tertiary/aromatic N) is 1. The molecule has 0 saturated heterocycles. The molecule has 2 aromatic carbocycles. The van der Waals surface area contributed by atoms with Crippen LogP contribution < -0.4 is 5.32 Å². The highest BCUT2D eigenvalue weighted by molar-refractivity contribution is 7.89. The van der Waals surface area contributed by atoms with Crippen molar-refractivity contribution >= 4 is 21.6 Å². The number of sulfonamides is 1. The Morgan fingerprint density at radius 2 is 1.52 bits per heavy atom. The van der Waals surface area contributed by atoms with Gasteiger partial charge in [-0.3, -0.25) is 4.79 Å². The van der Waals surface area contributed by atoms with E-state index in [2.05, 4.69) is 5.32 Å². The van der Waals surface area contributed by atoms with Gasteiger partial charge in [0.2, 0.25) is 10.0 Å². The lowest BCUT2D eigenvalue weighted by Crippen LogP contribution is -2.30. The van der Waals surface area contributed by atoms with Gasteiger partial charge in [-0.2, -0.15) is 4.31 Å². The molecular weight excluding hydrogens is 350 g/mol. The Balaban J connectivity index is 2.19. The van der Waals surface area contributed by atoms with Crippen LogP contribution >= 0.6 is 0 Å². The van der Waals surface area contributed by atoms with Crippen LogP contribution in [0.25, 0.3) is 0 Å². The molecule has 134 valence electrons. The van der Waals surface area contributed by atoms with Gasteiger partial charge >= 0.3 is 0 Å². The average Bonchev–Trinajstić information content (AvgIpc) is 2.55. The Bertz CT molecular complexity index is 844. The van der Waals surface area contributed by atoms with Gasteiger partial charge in [0.05, 0.1) is 4.90 Å². The number of anilines is 1. The van der Waals surface area contributed by atoms with E-state index in [1.807, 2.05) is 0 Å². The standard InChI is InChI=1S/C17H18F2N2O3S/c1-3-21(4-2)25(23,24)16-7-5-15(6-8-16)20-17(22)12-9-13(18)11-14(19)10-12/h5-11H,3-4H2,1-2H3,(H,20,22). The number of nitrogens with one attached hydrogen (secondary N) is 1.